The summed E-state index contributed by atoms with van der Waals surface area (Å²) in [6.45, 7) is 6.96. The van der Waals surface area contributed by atoms with Crippen LogP contribution in [-0.2, 0) is 16.0 Å². The molecular formula is C21H33N3O2. The molecule has 0 radical (unpaired) electrons. The first kappa shape index (κ1) is 19.3. The van der Waals surface area contributed by atoms with Crippen LogP contribution in [0.5, 0.6) is 0 Å². The van der Waals surface area contributed by atoms with Gasteiger partial charge < -0.3 is 19.4 Å². The molecule has 1 aromatic carbocycles. The summed E-state index contributed by atoms with van der Waals surface area (Å²) in [7, 11) is 6.06. The molecule has 5 heteroatoms. The van der Waals surface area contributed by atoms with Gasteiger partial charge in [-0.25, -0.2) is 0 Å². The third-order valence-electron chi connectivity index (χ3n) is 5.83. The van der Waals surface area contributed by atoms with Gasteiger partial charge in [-0.3, -0.25) is 4.79 Å². The van der Waals surface area contributed by atoms with Crippen LogP contribution in [0.2, 0.25) is 0 Å². The summed E-state index contributed by atoms with van der Waals surface area (Å²) in [5, 5.41) is 0. The van der Waals surface area contributed by atoms with Crippen LogP contribution in [0, 0.1) is 11.3 Å². The van der Waals surface area contributed by atoms with Crippen LogP contribution in [-0.4, -0.2) is 87.7 Å². The van der Waals surface area contributed by atoms with Gasteiger partial charge in [0, 0.05) is 58.4 Å². The molecule has 3 rings (SSSR count). The first-order chi connectivity index (χ1) is 12.5. The van der Waals surface area contributed by atoms with Crippen molar-refractivity contribution in [2.45, 2.75) is 12.8 Å². The summed E-state index contributed by atoms with van der Waals surface area (Å²) in [6.07, 6.45) is 1.60. The summed E-state index contributed by atoms with van der Waals surface area (Å²) < 4.78 is 5.20. The van der Waals surface area contributed by atoms with Gasteiger partial charge in [0.15, 0.2) is 0 Å². The number of amides is 1. The zero-order valence-electron chi connectivity index (χ0n) is 16.5. The smallest absolute Gasteiger partial charge is 0.227 e. The van der Waals surface area contributed by atoms with Gasteiger partial charge in [0.1, 0.15) is 0 Å². The zero-order valence-corrected chi connectivity index (χ0v) is 16.5. The lowest BCUT2D eigenvalue weighted by molar-refractivity contribution is -0.130. The number of benzene rings is 1. The maximum Gasteiger partial charge on any atom is 0.227 e. The molecule has 144 valence electrons. The van der Waals surface area contributed by atoms with E-state index in [-0.39, 0.29) is 11.3 Å². The minimum atomic E-state index is 0.211. The Morgan fingerprint density at radius 2 is 2.00 bits per heavy atom. The number of hydrogen-bond donors (Lipinski definition) is 0. The summed E-state index contributed by atoms with van der Waals surface area (Å²) in [6, 6.07) is 10.1. The number of fused-ring (bicyclic) bond motifs is 1. The number of methoxy groups -OCH3 is 1. The van der Waals surface area contributed by atoms with Crippen molar-refractivity contribution in [2.75, 3.05) is 67.1 Å². The molecule has 0 unspecified atom stereocenters. The van der Waals surface area contributed by atoms with Crippen LogP contribution >= 0.6 is 0 Å². The van der Waals surface area contributed by atoms with E-state index in [1.165, 1.54) is 0 Å². The van der Waals surface area contributed by atoms with E-state index < -0.39 is 0 Å². The number of carbonyl (C=O) groups is 1. The Morgan fingerprint density at radius 1 is 1.23 bits per heavy atom. The highest BCUT2D eigenvalue weighted by molar-refractivity contribution is 5.79. The third kappa shape index (κ3) is 4.45. The van der Waals surface area contributed by atoms with Crippen molar-refractivity contribution in [3.63, 3.8) is 0 Å². The summed E-state index contributed by atoms with van der Waals surface area (Å²) in [5.74, 6) is 0.849. The second-order valence-corrected chi connectivity index (χ2v) is 8.32. The maximum atomic E-state index is 12.8. The van der Waals surface area contributed by atoms with Crippen molar-refractivity contribution in [1.82, 2.24) is 14.7 Å². The van der Waals surface area contributed by atoms with Gasteiger partial charge in [-0.1, -0.05) is 30.3 Å². The van der Waals surface area contributed by atoms with Crippen LogP contribution in [0.3, 0.4) is 0 Å². The lowest BCUT2D eigenvalue weighted by Crippen LogP contribution is -2.43. The van der Waals surface area contributed by atoms with Gasteiger partial charge in [0.2, 0.25) is 5.91 Å². The highest BCUT2D eigenvalue weighted by atomic mass is 16.5. The molecule has 0 aromatic heterocycles. The average molecular weight is 360 g/mol. The maximum absolute atomic E-state index is 12.8. The Bertz CT molecular complexity index is 592. The van der Waals surface area contributed by atoms with E-state index in [1.807, 2.05) is 30.3 Å². The number of likely N-dealkylation sites (tertiary alicyclic amines) is 2. The van der Waals surface area contributed by atoms with Gasteiger partial charge in [0.25, 0.3) is 0 Å². The molecule has 2 heterocycles. The monoisotopic (exact) mass is 359 g/mol. The Kier molecular flexibility index (Phi) is 6.33. The fraction of sp³-hybridized carbons (Fsp3) is 0.667. The van der Waals surface area contributed by atoms with Crippen molar-refractivity contribution >= 4 is 5.91 Å². The molecule has 0 saturated carbocycles. The summed E-state index contributed by atoms with van der Waals surface area (Å²) >= 11 is 0. The van der Waals surface area contributed by atoms with E-state index in [9.17, 15) is 4.79 Å². The molecule has 0 N–H and O–H groups in total. The molecule has 1 amide bonds. The lowest BCUT2D eigenvalue weighted by atomic mass is 9.80. The van der Waals surface area contributed by atoms with E-state index in [2.05, 4.69) is 28.8 Å². The molecule has 0 aliphatic carbocycles. The predicted octanol–water partition coefficient (Wildman–Crippen LogP) is 1.59. The second kappa shape index (κ2) is 8.51. The first-order valence-corrected chi connectivity index (χ1v) is 9.70. The Labute approximate surface area is 157 Å². The lowest BCUT2D eigenvalue weighted by Gasteiger charge is -2.32. The van der Waals surface area contributed by atoms with Gasteiger partial charge in [-0.05, 0) is 32.0 Å². The van der Waals surface area contributed by atoms with Crippen molar-refractivity contribution in [3.8, 4) is 0 Å². The molecule has 2 atom stereocenters. The van der Waals surface area contributed by atoms with Crippen LogP contribution in [0.4, 0.5) is 0 Å². The molecule has 5 nitrogen and oxygen atoms in total. The molecule has 0 spiro atoms. The van der Waals surface area contributed by atoms with Crippen molar-refractivity contribution < 1.29 is 9.53 Å². The fourth-order valence-corrected chi connectivity index (χ4v) is 4.82. The fourth-order valence-electron chi connectivity index (χ4n) is 4.82. The van der Waals surface area contributed by atoms with E-state index >= 15 is 0 Å². The summed E-state index contributed by atoms with van der Waals surface area (Å²) in [4.78, 5) is 19.8. The van der Waals surface area contributed by atoms with Crippen LogP contribution in [0.15, 0.2) is 30.3 Å². The van der Waals surface area contributed by atoms with E-state index in [0.29, 0.717) is 12.3 Å². The van der Waals surface area contributed by atoms with Crippen molar-refractivity contribution in [3.05, 3.63) is 35.9 Å². The number of hydrogen-bond acceptors (Lipinski definition) is 4. The van der Waals surface area contributed by atoms with Crippen molar-refractivity contribution in [2.24, 2.45) is 11.3 Å². The molecular weight excluding hydrogens is 326 g/mol. The van der Waals surface area contributed by atoms with Gasteiger partial charge in [0.05, 0.1) is 6.42 Å². The van der Waals surface area contributed by atoms with E-state index in [1.54, 1.807) is 7.11 Å². The summed E-state index contributed by atoms with van der Waals surface area (Å²) in [5.41, 5.74) is 1.32. The van der Waals surface area contributed by atoms with Crippen molar-refractivity contribution in [1.29, 1.82) is 0 Å². The average Bonchev–Trinajstić information content (AvgIpc) is 3.08. The number of carbonyl (C=O) groups excluding carboxylic acids is 1. The largest absolute Gasteiger partial charge is 0.385 e. The Hall–Kier alpha value is -1.43. The molecule has 26 heavy (non-hydrogen) atoms. The van der Waals surface area contributed by atoms with E-state index in [0.717, 1.165) is 57.9 Å². The molecule has 0 bridgehead atoms. The number of ether oxygens (including phenoxy) is 1. The normalized spacial score (nSPS) is 25.8. The number of rotatable bonds is 8. The van der Waals surface area contributed by atoms with Crippen LogP contribution in [0.25, 0.3) is 0 Å². The minimum Gasteiger partial charge on any atom is -0.385 e. The standard InChI is InChI=1S/C21H33N3O2/c1-22(2)15-21-16-23(10-7-11-26-3)13-19(21)14-24(17-21)20(25)12-18-8-5-4-6-9-18/h4-6,8-9,19H,7,10-17H2,1-3H3/t19-,21+/m0/s1. The highest BCUT2D eigenvalue weighted by Crippen LogP contribution is 2.43. The zero-order chi connectivity index (χ0) is 18.6. The highest BCUT2D eigenvalue weighted by Gasteiger charge is 2.53. The third-order valence-corrected chi connectivity index (χ3v) is 5.83. The van der Waals surface area contributed by atoms with Gasteiger partial charge in [-0.2, -0.15) is 0 Å². The molecule has 1 aromatic rings. The first-order valence-electron chi connectivity index (χ1n) is 9.70. The van der Waals surface area contributed by atoms with Gasteiger partial charge >= 0.3 is 0 Å². The molecule has 2 fully saturated rings. The predicted molar refractivity (Wildman–Crippen MR) is 104 cm³/mol. The molecule has 2 aliphatic heterocycles. The molecule has 2 saturated heterocycles. The molecule has 2 aliphatic rings. The van der Waals surface area contributed by atoms with Gasteiger partial charge in [-0.15, -0.1) is 0 Å². The topological polar surface area (TPSA) is 36.0 Å². The SMILES string of the molecule is COCCCN1C[C@H]2CN(C(=O)Cc3ccccc3)C[C@@]2(CN(C)C)C1. The van der Waals surface area contributed by atoms with E-state index in [4.69, 9.17) is 4.74 Å². The van der Waals surface area contributed by atoms with Crippen LogP contribution in [0.1, 0.15) is 12.0 Å². The Balaban J connectivity index is 1.63. The number of nitrogens with zero attached hydrogens (tertiary/aromatic N) is 3. The van der Waals surface area contributed by atoms with Crippen LogP contribution < -0.4 is 0 Å². The minimum absolute atomic E-state index is 0.211. The quantitative estimate of drug-likeness (QED) is 0.661. The Morgan fingerprint density at radius 3 is 2.69 bits per heavy atom. The second-order valence-electron chi connectivity index (χ2n) is 8.32.